The Morgan fingerprint density at radius 1 is 1.11 bits per heavy atom. The van der Waals surface area contributed by atoms with Crippen molar-refractivity contribution >= 4 is 35.6 Å². The summed E-state index contributed by atoms with van der Waals surface area (Å²) in [4.78, 5) is 0. The fraction of sp³-hybridized carbons (Fsp3) is 0.400. The van der Waals surface area contributed by atoms with E-state index in [4.69, 9.17) is 38.4 Å². The number of aliphatic hydroxyl groups is 1. The highest BCUT2D eigenvalue weighted by Crippen LogP contribution is 2.34. The third kappa shape index (κ3) is 6.74. The van der Waals surface area contributed by atoms with E-state index in [-0.39, 0.29) is 24.9 Å². The van der Waals surface area contributed by atoms with Crippen LogP contribution in [0.5, 0.6) is 11.5 Å². The molecule has 2 aromatic carbocycles. The van der Waals surface area contributed by atoms with Gasteiger partial charge in [0, 0.05) is 11.5 Å². The summed E-state index contributed by atoms with van der Waals surface area (Å²) >= 11 is 12.1. The molecule has 0 spiro atoms. The molecule has 7 heteroatoms. The monoisotopic (exact) mass is 433 g/mol. The zero-order valence-corrected chi connectivity index (χ0v) is 17.9. The minimum absolute atomic E-state index is 0. The Hall–Kier alpha value is -1.17. The van der Waals surface area contributed by atoms with Crippen LogP contribution in [0.4, 0.5) is 0 Å². The summed E-state index contributed by atoms with van der Waals surface area (Å²) in [5.74, 6) is 1.18. The van der Waals surface area contributed by atoms with E-state index in [1.165, 1.54) is 0 Å². The van der Waals surface area contributed by atoms with E-state index in [1.54, 1.807) is 25.3 Å². The lowest BCUT2D eigenvalue weighted by molar-refractivity contribution is 0.0862. The molecule has 0 saturated heterocycles. The maximum absolute atomic E-state index is 10.5. The van der Waals surface area contributed by atoms with Crippen LogP contribution in [0.2, 0.25) is 10.0 Å². The van der Waals surface area contributed by atoms with E-state index in [0.717, 1.165) is 11.3 Å². The van der Waals surface area contributed by atoms with Gasteiger partial charge in [-0.1, -0.05) is 41.4 Å². The third-order valence-corrected chi connectivity index (χ3v) is 5.07. The molecule has 2 aromatic rings. The molecule has 0 aliphatic carbocycles. The lowest BCUT2D eigenvalue weighted by Gasteiger charge is -2.32. The fourth-order valence-corrected chi connectivity index (χ4v) is 3.17. The van der Waals surface area contributed by atoms with Crippen molar-refractivity contribution in [3.63, 3.8) is 0 Å². The van der Waals surface area contributed by atoms with Gasteiger partial charge >= 0.3 is 0 Å². The molecule has 0 bridgehead atoms. The van der Waals surface area contributed by atoms with Crippen LogP contribution in [-0.4, -0.2) is 30.5 Å². The molecule has 0 aliphatic heterocycles. The zero-order chi connectivity index (χ0) is 19.3. The van der Waals surface area contributed by atoms with Crippen LogP contribution < -0.4 is 15.2 Å². The molecule has 0 heterocycles. The molecule has 0 amide bonds. The Balaban J connectivity index is 0.00000364. The SMILES string of the molecule is COc1ccc(C(C[C@@H](O)COc2cccc(Cl)c2Cl)C(C)(C)N)cc1.Cl. The summed E-state index contributed by atoms with van der Waals surface area (Å²) in [6.45, 7) is 4.00. The van der Waals surface area contributed by atoms with Crippen molar-refractivity contribution in [3.05, 3.63) is 58.1 Å². The summed E-state index contributed by atoms with van der Waals surface area (Å²) in [6, 6.07) is 12.9. The van der Waals surface area contributed by atoms with E-state index in [1.807, 2.05) is 38.1 Å². The fourth-order valence-electron chi connectivity index (χ4n) is 2.83. The smallest absolute Gasteiger partial charge is 0.139 e. The summed E-state index contributed by atoms with van der Waals surface area (Å²) < 4.78 is 10.8. The van der Waals surface area contributed by atoms with Crippen LogP contribution in [-0.2, 0) is 0 Å². The van der Waals surface area contributed by atoms with Gasteiger partial charge in [0.25, 0.3) is 0 Å². The number of aliphatic hydroxyl groups excluding tert-OH is 1. The molecule has 1 unspecified atom stereocenters. The van der Waals surface area contributed by atoms with Crippen molar-refractivity contribution in [2.75, 3.05) is 13.7 Å². The predicted octanol–water partition coefficient (Wildman–Crippen LogP) is 5.07. The van der Waals surface area contributed by atoms with Crippen molar-refractivity contribution in [1.29, 1.82) is 0 Å². The van der Waals surface area contributed by atoms with Gasteiger partial charge in [-0.15, -0.1) is 12.4 Å². The van der Waals surface area contributed by atoms with E-state index in [9.17, 15) is 5.11 Å². The molecule has 27 heavy (non-hydrogen) atoms. The lowest BCUT2D eigenvalue weighted by atomic mass is 9.79. The van der Waals surface area contributed by atoms with Gasteiger partial charge in [0.05, 0.1) is 18.2 Å². The Morgan fingerprint density at radius 3 is 2.30 bits per heavy atom. The standard InChI is InChI=1S/C20H25Cl2NO3.ClH/c1-20(2,23)16(13-7-9-15(25-3)10-8-13)11-14(24)12-26-18-6-4-5-17(21)19(18)22;/h4-10,14,16,24H,11-12,23H2,1-3H3;1H/t14-,16?;/m1./s1. The highest BCUT2D eigenvalue weighted by atomic mass is 35.5. The highest BCUT2D eigenvalue weighted by Gasteiger charge is 2.29. The van der Waals surface area contributed by atoms with Gasteiger partial charge in [-0.3, -0.25) is 0 Å². The summed E-state index contributed by atoms with van der Waals surface area (Å²) in [6.07, 6.45) is -0.256. The Labute approximate surface area is 177 Å². The van der Waals surface area contributed by atoms with Crippen molar-refractivity contribution < 1.29 is 14.6 Å². The molecular formula is C20H26Cl3NO3. The first kappa shape index (κ1) is 23.9. The number of methoxy groups -OCH3 is 1. The number of ether oxygens (including phenoxy) is 2. The van der Waals surface area contributed by atoms with Gasteiger partial charge < -0.3 is 20.3 Å². The van der Waals surface area contributed by atoms with Crippen molar-refractivity contribution in [3.8, 4) is 11.5 Å². The number of rotatable bonds is 8. The molecule has 150 valence electrons. The van der Waals surface area contributed by atoms with E-state index in [2.05, 4.69) is 0 Å². The third-order valence-electron chi connectivity index (χ3n) is 4.27. The van der Waals surface area contributed by atoms with Crippen molar-refractivity contribution in [2.45, 2.75) is 37.8 Å². The molecule has 0 fully saturated rings. The van der Waals surface area contributed by atoms with Gasteiger partial charge in [-0.25, -0.2) is 0 Å². The van der Waals surface area contributed by atoms with Gasteiger partial charge in [-0.05, 0) is 50.1 Å². The summed E-state index contributed by atoms with van der Waals surface area (Å²) in [5.41, 5.74) is 6.89. The molecule has 2 atom stereocenters. The molecule has 4 nitrogen and oxygen atoms in total. The second kappa shape index (κ2) is 10.4. The molecule has 0 aromatic heterocycles. The summed E-state index contributed by atoms with van der Waals surface area (Å²) in [7, 11) is 1.63. The molecule has 2 rings (SSSR count). The number of benzene rings is 2. The highest BCUT2D eigenvalue weighted by molar-refractivity contribution is 6.42. The molecule has 3 N–H and O–H groups in total. The lowest BCUT2D eigenvalue weighted by Crippen LogP contribution is -2.41. The topological polar surface area (TPSA) is 64.7 Å². The molecule has 0 radical (unpaired) electrons. The van der Waals surface area contributed by atoms with Crippen LogP contribution in [0.25, 0.3) is 0 Å². The van der Waals surface area contributed by atoms with Gasteiger partial charge in [-0.2, -0.15) is 0 Å². The van der Waals surface area contributed by atoms with Gasteiger partial charge in [0.15, 0.2) is 0 Å². The average Bonchev–Trinajstić information content (AvgIpc) is 2.60. The normalized spacial score (nSPS) is 13.4. The van der Waals surface area contributed by atoms with Crippen LogP contribution >= 0.6 is 35.6 Å². The number of hydrogen-bond acceptors (Lipinski definition) is 4. The predicted molar refractivity (Wildman–Crippen MR) is 114 cm³/mol. The van der Waals surface area contributed by atoms with Gasteiger partial charge in [0.1, 0.15) is 23.1 Å². The first-order valence-electron chi connectivity index (χ1n) is 8.40. The number of nitrogens with two attached hydrogens (primary N) is 1. The maximum Gasteiger partial charge on any atom is 0.139 e. The first-order valence-corrected chi connectivity index (χ1v) is 9.15. The van der Waals surface area contributed by atoms with Crippen molar-refractivity contribution in [1.82, 2.24) is 0 Å². The van der Waals surface area contributed by atoms with Gasteiger partial charge in [0.2, 0.25) is 0 Å². The van der Waals surface area contributed by atoms with Crippen LogP contribution in [0, 0.1) is 0 Å². The second-order valence-corrected chi connectivity index (χ2v) is 7.68. The molecular weight excluding hydrogens is 409 g/mol. The average molecular weight is 435 g/mol. The van der Waals surface area contributed by atoms with Crippen molar-refractivity contribution in [2.24, 2.45) is 5.73 Å². The van der Waals surface area contributed by atoms with Crippen LogP contribution in [0.15, 0.2) is 42.5 Å². The number of halogens is 3. The molecule has 0 aliphatic rings. The first-order chi connectivity index (χ1) is 12.2. The Morgan fingerprint density at radius 2 is 1.74 bits per heavy atom. The summed E-state index contributed by atoms with van der Waals surface area (Å²) in [5, 5.41) is 11.2. The Kier molecular flexibility index (Phi) is 9.19. The maximum atomic E-state index is 10.5. The largest absolute Gasteiger partial charge is 0.497 e. The minimum atomic E-state index is -0.708. The second-order valence-electron chi connectivity index (χ2n) is 6.90. The quantitative estimate of drug-likeness (QED) is 0.608. The molecule has 0 saturated carbocycles. The minimum Gasteiger partial charge on any atom is -0.497 e. The van der Waals surface area contributed by atoms with Crippen LogP contribution in [0.1, 0.15) is 31.7 Å². The number of hydrogen-bond donors (Lipinski definition) is 2. The van der Waals surface area contributed by atoms with E-state index >= 15 is 0 Å². The Bertz CT molecular complexity index is 717. The zero-order valence-electron chi connectivity index (χ0n) is 15.6. The van der Waals surface area contributed by atoms with E-state index < -0.39 is 11.6 Å². The van der Waals surface area contributed by atoms with Crippen LogP contribution in [0.3, 0.4) is 0 Å². The van der Waals surface area contributed by atoms with E-state index in [0.29, 0.717) is 22.2 Å².